The zero-order valence-electron chi connectivity index (χ0n) is 17.1. The molecule has 8 heteroatoms. The minimum Gasteiger partial charge on any atom is -0.504 e. The summed E-state index contributed by atoms with van der Waals surface area (Å²) in [5.41, 5.74) is 0.935. The number of aromatic hydroxyl groups is 1. The molecule has 2 heterocycles. The molecule has 3 rings (SSSR count). The maximum absolute atomic E-state index is 9.95. The van der Waals surface area contributed by atoms with Crippen molar-refractivity contribution in [1.82, 2.24) is 15.5 Å². The Morgan fingerprint density at radius 2 is 2.07 bits per heavy atom. The highest BCUT2D eigenvalue weighted by Crippen LogP contribution is 2.28. The fourth-order valence-corrected chi connectivity index (χ4v) is 4.34. The highest BCUT2D eigenvalue weighted by molar-refractivity contribution is 14.0. The van der Waals surface area contributed by atoms with E-state index in [2.05, 4.69) is 45.0 Å². The molecule has 1 aromatic carbocycles. The molecule has 0 amide bonds. The summed E-state index contributed by atoms with van der Waals surface area (Å²) in [7, 11) is 1.55. The number of methoxy groups -OCH3 is 1. The van der Waals surface area contributed by atoms with Gasteiger partial charge in [-0.05, 0) is 62.0 Å². The first-order chi connectivity index (χ1) is 13.7. The van der Waals surface area contributed by atoms with Crippen LogP contribution in [0.4, 0.5) is 0 Å². The quantitative estimate of drug-likeness (QED) is 0.274. The van der Waals surface area contributed by atoms with E-state index >= 15 is 0 Å². The van der Waals surface area contributed by atoms with Crippen molar-refractivity contribution < 1.29 is 9.84 Å². The number of ether oxygens (including phenoxy) is 1. The number of phenolic OH excluding ortho intramolecular Hbond substituents is 1. The van der Waals surface area contributed by atoms with Crippen LogP contribution in [0.2, 0.25) is 0 Å². The summed E-state index contributed by atoms with van der Waals surface area (Å²) in [6, 6.07) is 10.1. The van der Waals surface area contributed by atoms with E-state index < -0.39 is 0 Å². The van der Waals surface area contributed by atoms with Crippen molar-refractivity contribution in [2.24, 2.45) is 4.99 Å². The third-order valence-corrected chi connectivity index (χ3v) is 5.90. The average molecular weight is 530 g/mol. The van der Waals surface area contributed by atoms with Crippen LogP contribution >= 0.6 is 35.3 Å². The number of rotatable bonds is 8. The van der Waals surface area contributed by atoms with Crippen molar-refractivity contribution in [3.05, 3.63) is 46.2 Å². The lowest BCUT2D eigenvalue weighted by atomic mass is 10.2. The number of aliphatic imine (C=N–C) groups is 1. The molecule has 6 nitrogen and oxygen atoms in total. The molecule has 1 fully saturated rings. The van der Waals surface area contributed by atoms with Crippen LogP contribution in [0.5, 0.6) is 11.5 Å². The van der Waals surface area contributed by atoms with Gasteiger partial charge in [0, 0.05) is 18.0 Å². The summed E-state index contributed by atoms with van der Waals surface area (Å²) in [4.78, 5) is 8.64. The maximum atomic E-state index is 9.95. The first-order valence-corrected chi connectivity index (χ1v) is 10.7. The first-order valence-electron chi connectivity index (χ1n) is 9.86. The van der Waals surface area contributed by atoms with Crippen LogP contribution in [-0.2, 0) is 6.54 Å². The molecule has 0 saturated carbocycles. The Bertz CT molecular complexity index is 764. The van der Waals surface area contributed by atoms with Crippen molar-refractivity contribution in [2.45, 2.75) is 32.4 Å². The lowest BCUT2D eigenvalue weighted by Crippen LogP contribution is -2.42. The molecular weight excluding hydrogens is 499 g/mol. The minimum absolute atomic E-state index is 0. The van der Waals surface area contributed by atoms with Gasteiger partial charge in [0.1, 0.15) is 0 Å². The summed E-state index contributed by atoms with van der Waals surface area (Å²) in [6.07, 6.45) is 2.55. The number of likely N-dealkylation sites (tertiary alicyclic amines) is 1. The van der Waals surface area contributed by atoms with Gasteiger partial charge >= 0.3 is 0 Å². The number of halogens is 1. The molecule has 1 aromatic heterocycles. The largest absolute Gasteiger partial charge is 0.504 e. The van der Waals surface area contributed by atoms with Gasteiger partial charge in [-0.2, -0.15) is 0 Å². The second-order valence-electron chi connectivity index (χ2n) is 6.86. The number of hydrogen-bond donors (Lipinski definition) is 3. The van der Waals surface area contributed by atoms with Gasteiger partial charge in [0.05, 0.1) is 19.7 Å². The second-order valence-corrected chi connectivity index (χ2v) is 7.84. The third-order valence-electron chi connectivity index (χ3n) is 4.92. The van der Waals surface area contributed by atoms with E-state index in [1.165, 1.54) is 17.7 Å². The number of nitrogens with one attached hydrogen (secondary N) is 2. The molecule has 1 aliphatic heterocycles. The van der Waals surface area contributed by atoms with Gasteiger partial charge in [-0.15, -0.1) is 35.3 Å². The minimum atomic E-state index is 0. The van der Waals surface area contributed by atoms with Gasteiger partial charge in [0.25, 0.3) is 0 Å². The predicted octanol–water partition coefficient (Wildman–Crippen LogP) is 3.97. The molecule has 1 saturated heterocycles. The topological polar surface area (TPSA) is 69.1 Å². The summed E-state index contributed by atoms with van der Waals surface area (Å²) in [6.45, 7) is 6.48. The van der Waals surface area contributed by atoms with Crippen LogP contribution < -0.4 is 15.4 Å². The van der Waals surface area contributed by atoms with E-state index in [1.807, 2.05) is 17.4 Å². The molecule has 2 aromatic rings. The standard InChI is InChI=1S/C21H30N4O2S.HI/c1-3-22-21(23-14-16-8-9-19(27-2)18(26)13-16)24-15-17(20-7-6-12-28-20)25-10-4-5-11-25;/h6-9,12-13,17,26H,3-5,10-11,14-15H2,1-2H3,(H2,22,23,24);1H. The number of thiophene rings is 1. The van der Waals surface area contributed by atoms with E-state index in [0.717, 1.165) is 37.7 Å². The Morgan fingerprint density at radius 3 is 2.69 bits per heavy atom. The Balaban J connectivity index is 0.00000300. The number of benzene rings is 1. The Kier molecular flexibility index (Phi) is 10.0. The Labute approximate surface area is 194 Å². The number of hydrogen-bond acceptors (Lipinski definition) is 5. The molecule has 1 unspecified atom stereocenters. The fraction of sp³-hybridized carbons (Fsp3) is 0.476. The molecule has 0 spiro atoms. The SMILES string of the molecule is CCNC(=NCc1ccc(OC)c(O)c1)NCC(c1cccs1)N1CCCC1.I. The highest BCUT2D eigenvalue weighted by Gasteiger charge is 2.24. The summed E-state index contributed by atoms with van der Waals surface area (Å²) in [5.74, 6) is 1.40. The number of nitrogens with zero attached hydrogens (tertiary/aromatic N) is 2. The van der Waals surface area contributed by atoms with E-state index in [9.17, 15) is 5.11 Å². The smallest absolute Gasteiger partial charge is 0.191 e. The van der Waals surface area contributed by atoms with Crippen molar-refractivity contribution >= 4 is 41.3 Å². The summed E-state index contributed by atoms with van der Waals surface area (Å²) in [5, 5.41) is 18.9. The van der Waals surface area contributed by atoms with Gasteiger partial charge in [0.15, 0.2) is 17.5 Å². The lowest BCUT2D eigenvalue weighted by molar-refractivity contribution is 0.249. The second kappa shape index (κ2) is 12.2. The average Bonchev–Trinajstić information content (AvgIpc) is 3.41. The molecule has 1 aliphatic rings. The third kappa shape index (κ3) is 6.75. The molecule has 3 N–H and O–H groups in total. The Morgan fingerprint density at radius 1 is 1.28 bits per heavy atom. The van der Waals surface area contributed by atoms with Crippen LogP contribution in [0.15, 0.2) is 40.7 Å². The maximum Gasteiger partial charge on any atom is 0.191 e. The molecule has 0 radical (unpaired) electrons. The van der Waals surface area contributed by atoms with Gasteiger partial charge in [-0.3, -0.25) is 4.90 Å². The molecule has 160 valence electrons. The van der Waals surface area contributed by atoms with E-state index in [4.69, 9.17) is 4.74 Å². The summed E-state index contributed by atoms with van der Waals surface area (Å²) >= 11 is 1.82. The normalized spacial score (nSPS) is 15.6. The summed E-state index contributed by atoms with van der Waals surface area (Å²) < 4.78 is 5.10. The fourth-order valence-electron chi connectivity index (χ4n) is 3.48. The molecule has 1 atom stereocenters. The number of guanidine groups is 1. The number of phenols is 1. The van der Waals surface area contributed by atoms with Crippen LogP contribution in [0, 0.1) is 0 Å². The monoisotopic (exact) mass is 530 g/mol. The van der Waals surface area contributed by atoms with Crippen molar-refractivity contribution in [1.29, 1.82) is 0 Å². The molecule has 0 aliphatic carbocycles. The predicted molar refractivity (Wildman–Crippen MR) is 131 cm³/mol. The van der Waals surface area contributed by atoms with Crippen molar-refractivity contribution in [3.8, 4) is 11.5 Å². The van der Waals surface area contributed by atoms with E-state index in [1.54, 1.807) is 19.2 Å². The van der Waals surface area contributed by atoms with Gasteiger partial charge < -0.3 is 20.5 Å². The van der Waals surface area contributed by atoms with Crippen LogP contribution in [0.3, 0.4) is 0 Å². The van der Waals surface area contributed by atoms with Crippen molar-refractivity contribution in [3.63, 3.8) is 0 Å². The van der Waals surface area contributed by atoms with Gasteiger partial charge in [-0.1, -0.05) is 12.1 Å². The lowest BCUT2D eigenvalue weighted by Gasteiger charge is -2.27. The van der Waals surface area contributed by atoms with E-state index in [-0.39, 0.29) is 29.7 Å². The highest BCUT2D eigenvalue weighted by atomic mass is 127. The van der Waals surface area contributed by atoms with Crippen LogP contribution in [0.25, 0.3) is 0 Å². The first kappa shape index (κ1) is 23.8. The van der Waals surface area contributed by atoms with Gasteiger partial charge in [-0.25, -0.2) is 4.99 Å². The zero-order valence-corrected chi connectivity index (χ0v) is 20.2. The molecule has 0 bridgehead atoms. The van der Waals surface area contributed by atoms with Crippen LogP contribution in [-0.4, -0.2) is 49.3 Å². The zero-order chi connectivity index (χ0) is 19.8. The molecular formula is C21H31IN4O2S. The van der Waals surface area contributed by atoms with Crippen molar-refractivity contribution in [2.75, 3.05) is 33.3 Å². The Hall–Kier alpha value is -1.52. The van der Waals surface area contributed by atoms with E-state index in [0.29, 0.717) is 18.3 Å². The van der Waals surface area contributed by atoms with Crippen LogP contribution in [0.1, 0.15) is 36.2 Å². The van der Waals surface area contributed by atoms with Gasteiger partial charge in [0.2, 0.25) is 0 Å². The molecule has 29 heavy (non-hydrogen) atoms.